The van der Waals surface area contributed by atoms with E-state index in [-0.39, 0.29) is 16.5 Å². The first-order valence-electron chi connectivity index (χ1n) is 6.59. The average Bonchev–Trinajstić information content (AvgIpc) is 2.35. The number of rotatable bonds is 4. The van der Waals surface area contributed by atoms with Gasteiger partial charge in [-0.15, -0.1) is 11.5 Å². The Morgan fingerprint density at radius 1 is 0.789 bits per heavy atom. The molecule has 0 spiro atoms. The van der Waals surface area contributed by atoms with Crippen LogP contribution < -0.4 is 10.2 Å². The largest absolute Gasteiger partial charge is 2.00 e. The molecule has 0 fully saturated rings. The zero-order valence-corrected chi connectivity index (χ0v) is 12.3. The molecule has 0 saturated carbocycles. The van der Waals surface area contributed by atoms with Crippen LogP contribution in [0.2, 0.25) is 0 Å². The summed E-state index contributed by atoms with van der Waals surface area (Å²) in [5, 5.41) is 25.0. The van der Waals surface area contributed by atoms with Crippen molar-refractivity contribution in [2.24, 2.45) is 0 Å². The van der Waals surface area contributed by atoms with Crippen LogP contribution in [-0.2, 0) is 29.3 Å². The minimum atomic E-state index is -0.395. The van der Waals surface area contributed by atoms with Crippen molar-refractivity contribution >= 4 is 10.8 Å². The van der Waals surface area contributed by atoms with Gasteiger partial charge in [0.1, 0.15) is 0 Å². The van der Waals surface area contributed by atoms with Crippen molar-refractivity contribution in [3.05, 3.63) is 35.4 Å². The van der Waals surface area contributed by atoms with Crippen molar-refractivity contribution in [1.82, 2.24) is 0 Å². The third kappa shape index (κ3) is 3.22. The van der Waals surface area contributed by atoms with Crippen molar-refractivity contribution in [3.63, 3.8) is 0 Å². The van der Waals surface area contributed by atoms with Gasteiger partial charge in [0.15, 0.2) is 0 Å². The molecule has 0 aromatic heterocycles. The van der Waals surface area contributed by atoms with Gasteiger partial charge in [0, 0.05) is 0 Å². The molecule has 0 aliphatic heterocycles. The van der Waals surface area contributed by atoms with Gasteiger partial charge in [-0.3, -0.25) is 0 Å². The first kappa shape index (κ1) is 15.8. The summed E-state index contributed by atoms with van der Waals surface area (Å²) in [5.74, 6) is -0.790. The molecular weight excluding hydrogens is 283 g/mol. The van der Waals surface area contributed by atoms with Crippen molar-refractivity contribution < 1.29 is 26.7 Å². The molecule has 0 amide bonds. The fourth-order valence-corrected chi connectivity index (χ4v) is 2.45. The molecule has 0 unspecified atom stereocenters. The van der Waals surface area contributed by atoms with E-state index in [2.05, 4.69) is 26.0 Å². The molecule has 0 heterocycles. The van der Waals surface area contributed by atoms with Crippen molar-refractivity contribution in [1.29, 1.82) is 0 Å². The number of aryl methyl sites for hydroxylation is 2. The maximum Gasteiger partial charge on any atom is 2.00 e. The molecular formula is C16H18NiO2. The standard InChI is InChI=1S/C16H20O2.Ni/c1-3-5-11-7-8-12(6-4-2)14-10-16(18)15(17)9-13(11)14;/h7-10,17-18H,3-6H2,1-2H3;/q;+2/p-2. The predicted octanol–water partition coefficient (Wildman–Crippen LogP) is 2.89. The Morgan fingerprint density at radius 2 is 1.16 bits per heavy atom. The second-order valence-electron chi connectivity index (χ2n) is 4.73. The smallest absolute Gasteiger partial charge is 0.873 e. The van der Waals surface area contributed by atoms with Crippen LogP contribution in [0.15, 0.2) is 24.3 Å². The van der Waals surface area contributed by atoms with E-state index in [0.717, 1.165) is 36.5 Å². The van der Waals surface area contributed by atoms with E-state index in [9.17, 15) is 10.2 Å². The molecule has 0 atom stereocenters. The summed E-state index contributed by atoms with van der Waals surface area (Å²) >= 11 is 0. The summed E-state index contributed by atoms with van der Waals surface area (Å²) in [4.78, 5) is 0. The van der Waals surface area contributed by atoms with Crippen LogP contribution in [0.4, 0.5) is 0 Å². The van der Waals surface area contributed by atoms with E-state index in [1.54, 1.807) is 0 Å². The summed E-state index contributed by atoms with van der Waals surface area (Å²) in [7, 11) is 0. The monoisotopic (exact) mass is 300 g/mol. The Kier molecular flexibility index (Phi) is 5.68. The molecule has 0 aliphatic carbocycles. The maximum absolute atomic E-state index is 11.5. The summed E-state index contributed by atoms with van der Waals surface area (Å²) in [5.41, 5.74) is 2.34. The van der Waals surface area contributed by atoms with Gasteiger partial charge < -0.3 is 10.2 Å². The van der Waals surface area contributed by atoms with Gasteiger partial charge in [-0.25, -0.2) is 0 Å². The van der Waals surface area contributed by atoms with Gasteiger partial charge in [-0.1, -0.05) is 51.0 Å². The average molecular weight is 301 g/mol. The molecule has 0 aliphatic rings. The molecule has 0 radical (unpaired) electrons. The molecule has 2 aromatic rings. The number of fused-ring (bicyclic) bond motifs is 1. The fourth-order valence-electron chi connectivity index (χ4n) is 2.45. The summed E-state index contributed by atoms with van der Waals surface area (Å²) in [6, 6.07) is 7.23. The van der Waals surface area contributed by atoms with E-state index in [4.69, 9.17) is 0 Å². The predicted molar refractivity (Wildman–Crippen MR) is 70.8 cm³/mol. The maximum atomic E-state index is 11.5. The van der Waals surface area contributed by atoms with Crippen molar-refractivity contribution in [3.8, 4) is 11.5 Å². The third-order valence-corrected chi connectivity index (χ3v) is 3.30. The Labute approximate surface area is 124 Å². The summed E-state index contributed by atoms with van der Waals surface area (Å²) in [6.07, 6.45) is 3.96. The van der Waals surface area contributed by atoms with Crippen LogP contribution in [0.5, 0.6) is 11.5 Å². The number of hydrogen-bond donors (Lipinski definition) is 0. The van der Waals surface area contributed by atoms with Crippen LogP contribution in [0.1, 0.15) is 37.8 Å². The fraction of sp³-hybridized carbons (Fsp3) is 0.375. The zero-order valence-electron chi connectivity index (χ0n) is 11.3. The Hall–Kier alpha value is -1.21. The van der Waals surface area contributed by atoms with E-state index in [1.165, 1.54) is 23.3 Å². The molecule has 2 nitrogen and oxygen atoms in total. The van der Waals surface area contributed by atoms with Gasteiger partial charge in [0.25, 0.3) is 0 Å². The summed E-state index contributed by atoms with van der Waals surface area (Å²) < 4.78 is 0. The van der Waals surface area contributed by atoms with Gasteiger partial charge in [-0.2, -0.15) is 0 Å². The van der Waals surface area contributed by atoms with Gasteiger partial charge in [0.2, 0.25) is 0 Å². The van der Waals surface area contributed by atoms with E-state index >= 15 is 0 Å². The molecule has 2 aromatic carbocycles. The summed E-state index contributed by atoms with van der Waals surface area (Å²) in [6.45, 7) is 4.23. The molecule has 0 N–H and O–H groups in total. The normalized spacial score (nSPS) is 10.4. The Morgan fingerprint density at radius 3 is 1.47 bits per heavy atom. The van der Waals surface area contributed by atoms with E-state index in [1.807, 2.05) is 0 Å². The SMILES string of the molecule is CCCc1ccc(CCC)c2cc([O-])c([O-])cc12.[Ni+2]. The van der Waals surface area contributed by atoms with Crippen LogP contribution in [-0.4, -0.2) is 0 Å². The molecule has 19 heavy (non-hydrogen) atoms. The third-order valence-electron chi connectivity index (χ3n) is 3.30. The Bertz CT molecular complexity index is 514. The molecule has 0 bridgehead atoms. The van der Waals surface area contributed by atoms with Crippen molar-refractivity contribution in [2.75, 3.05) is 0 Å². The molecule has 0 saturated heterocycles. The second-order valence-corrected chi connectivity index (χ2v) is 4.73. The minimum Gasteiger partial charge on any atom is -0.873 e. The van der Waals surface area contributed by atoms with Crippen molar-refractivity contribution in [2.45, 2.75) is 39.5 Å². The first-order chi connectivity index (χ1) is 8.67. The van der Waals surface area contributed by atoms with Crippen LogP contribution in [0.3, 0.4) is 0 Å². The van der Waals surface area contributed by atoms with Crippen LogP contribution in [0, 0.1) is 0 Å². The molecule has 3 heteroatoms. The van der Waals surface area contributed by atoms with Gasteiger partial charge >= 0.3 is 16.5 Å². The Balaban J connectivity index is 0.00000180. The molecule has 104 valence electrons. The van der Waals surface area contributed by atoms with Gasteiger partial charge in [-0.05, 0) is 34.7 Å². The van der Waals surface area contributed by atoms with E-state index in [0.29, 0.717) is 0 Å². The zero-order chi connectivity index (χ0) is 13.1. The second kappa shape index (κ2) is 6.81. The topological polar surface area (TPSA) is 46.1 Å². The first-order valence-corrected chi connectivity index (χ1v) is 6.59. The minimum absolute atomic E-state index is 0. The van der Waals surface area contributed by atoms with E-state index < -0.39 is 11.5 Å². The van der Waals surface area contributed by atoms with Gasteiger partial charge in [0.05, 0.1) is 0 Å². The van der Waals surface area contributed by atoms with Crippen LogP contribution in [0.25, 0.3) is 10.8 Å². The number of benzene rings is 2. The molecule has 2 rings (SSSR count). The van der Waals surface area contributed by atoms with Crippen LogP contribution >= 0.6 is 0 Å². The number of hydrogen-bond acceptors (Lipinski definition) is 2. The quantitative estimate of drug-likeness (QED) is 0.815.